The summed E-state index contributed by atoms with van der Waals surface area (Å²) in [5, 5.41) is 2.72. The van der Waals surface area contributed by atoms with E-state index in [1.165, 1.54) is 0 Å². The molecule has 102 valence electrons. The fourth-order valence-electron chi connectivity index (χ4n) is 1.78. The van der Waals surface area contributed by atoms with E-state index in [2.05, 4.69) is 5.32 Å². The molecule has 20 heavy (non-hydrogen) atoms. The van der Waals surface area contributed by atoms with Crippen LogP contribution in [0, 0.1) is 6.92 Å². The fraction of sp³-hybridized carbons (Fsp3) is 0.0667. The molecule has 0 spiro atoms. The molecule has 0 saturated carbocycles. The normalized spacial score (nSPS) is 10.1. The fourth-order valence-corrected chi connectivity index (χ4v) is 1.78. The molecule has 5 heteroatoms. The van der Waals surface area contributed by atoms with Gasteiger partial charge in [-0.2, -0.15) is 0 Å². The Bertz CT molecular complexity index is 663. The summed E-state index contributed by atoms with van der Waals surface area (Å²) in [6.07, 6.45) is 0. The molecule has 2 aromatic carbocycles. The molecule has 0 aliphatic heterocycles. The van der Waals surface area contributed by atoms with Crippen molar-refractivity contribution in [2.24, 2.45) is 5.73 Å². The van der Waals surface area contributed by atoms with Gasteiger partial charge in [0.15, 0.2) is 0 Å². The van der Waals surface area contributed by atoms with Crippen LogP contribution in [0.4, 0.5) is 11.4 Å². The highest BCUT2D eigenvalue weighted by atomic mass is 16.2. The van der Waals surface area contributed by atoms with Crippen LogP contribution < -0.4 is 16.8 Å². The van der Waals surface area contributed by atoms with Crippen LogP contribution in [0.3, 0.4) is 0 Å². The third-order valence-electron chi connectivity index (χ3n) is 2.88. The molecule has 0 aliphatic carbocycles. The maximum atomic E-state index is 12.1. The first kappa shape index (κ1) is 13.6. The van der Waals surface area contributed by atoms with Gasteiger partial charge in [0, 0.05) is 16.9 Å². The average Bonchev–Trinajstić information content (AvgIpc) is 2.42. The smallest absolute Gasteiger partial charge is 0.257 e. The van der Waals surface area contributed by atoms with Crippen molar-refractivity contribution in [1.82, 2.24) is 0 Å². The highest BCUT2D eigenvalue weighted by Gasteiger charge is 2.10. The second-order valence-corrected chi connectivity index (χ2v) is 4.49. The first-order chi connectivity index (χ1) is 9.47. The summed E-state index contributed by atoms with van der Waals surface area (Å²) in [7, 11) is 0. The van der Waals surface area contributed by atoms with Gasteiger partial charge in [0.2, 0.25) is 5.91 Å². The van der Waals surface area contributed by atoms with Crippen molar-refractivity contribution < 1.29 is 9.59 Å². The monoisotopic (exact) mass is 269 g/mol. The lowest BCUT2D eigenvalue weighted by atomic mass is 10.1. The van der Waals surface area contributed by atoms with Crippen LogP contribution in [0.5, 0.6) is 0 Å². The minimum absolute atomic E-state index is 0.293. The van der Waals surface area contributed by atoms with Gasteiger partial charge in [0.05, 0.1) is 5.56 Å². The van der Waals surface area contributed by atoms with Crippen LogP contribution >= 0.6 is 0 Å². The molecule has 2 aromatic rings. The van der Waals surface area contributed by atoms with Gasteiger partial charge in [-0.05, 0) is 43.3 Å². The third-order valence-corrected chi connectivity index (χ3v) is 2.88. The third kappa shape index (κ3) is 2.95. The Hall–Kier alpha value is -2.82. The number of nitrogens with one attached hydrogen (secondary N) is 1. The van der Waals surface area contributed by atoms with Crippen molar-refractivity contribution in [3.05, 3.63) is 59.2 Å². The lowest BCUT2D eigenvalue weighted by Gasteiger charge is -2.08. The van der Waals surface area contributed by atoms with Crippen molar-refractivity contribution in [3.63, 3.8) is 0 Å². The quantitative estimate of drug-likeness (QED) is 0.742. The molecule has 2 rings (SSSR count). The molecule has 0 unspecified atom stereocenters. The van der Waals surface area contributed by atoms with Crippen molar-refractivity contribution >= 4 is 23.2 Å². The van der Waals surface area contributed by atoms with Gasteiger partial charge < -0.3 is 16.8 Å². The number of carbonyl (C=O) groups excluding carboxylic acids is 2. The second kappa shape index (κ2) is 5.44. The van der Waals surface area contributed by atoms with Crippen LogP contribution in [0.2, 0.25) is 0 Å². The van der Waals surface area contributed by atoms with Crippen molar-refractivity contribution in [1.29, 1.82) is 0 Å². The molecule has 0 radical (unpaired) electrons. The molecule has 0 saturated heterocycles. The average molecular weight is 269 g/mol. The maximum Gasteiger partial charge on any atom is 0.257 e. The lowest BCUT2D eigenvalue weighted by molar-refractivity contribution is 0.0998. The number of hydrogen-bond donors (Lipinski definition) is 3. The van der Waals surface area contributed by atoms with E-state index in [0.717, 1.165) is 5.56 Å². The Morgan fingerprint density at radius 1 is 1.05 bits per heavy atom. The maximum absolute atomic E-state index is 12.1. The van der Waals surface area contributed by atoms with Gasteiger partial charge in [0.25, 0.3) is 5.91 Å². The van der Waals surface area contributed by atoms with E-state index in [4.69, 9.17) is 11.5 Å². The summed E-state index contributed by atoms with van der Waals surface area (Å²) in [6, 6.07) is 11.6. The lowest BCUT2D eigenvalue weighted by Crippen LogP contribution is -2.15. The van der Waals surface area contributed by atoms with E-state index in [0.29, 0.717) is 22.5 Å². The minimum atomic E-state index is -0.509. The summed E-state index contributed by atoms with van der Waals surface area (Å²) >= 11 is 0. The van der Waals surface area contributed by atoms with Crippen LogP contribution in [0.1, 0.15) is 26.3 Å². The topological polar surface area (TPSA) is 98.2 Å². The van der Waals surface area contributed by atoms with Gasteiger partial charge in [-0.15, -0.1) is 0 Å². The first-order valence-electron chi connectivity index (χ1n) is 6.04. The number of nitrogen functional groups attached to an aromatic ring is 1. The van der Waals surface area contributed by atoms with Crippen molar-refractivity contribution in [3.8, 4) is 0 Å². The Morgan fingerprint density at radius 3 is 2.30 bits per heavy atom. The molecule has 0 bridgehead atoms. The Morgan fingerprint density at radius 2 is 1.70 bits per heavy atom. The van der Waals surface area contributed by atoms with E-state index in [-0.39, 0.29) is 5.91 Å². The number of hydrogen-bond acceptors (Lipinski definition) is 3. The zero-order valence-electron chi connectivity index (χ0n) is 11.0. The summed E-state index contributed by atoms with van der Waals surface area (Å²) < 4.78 is 0. The summed E-state index contributed by atoms with van der Waals surface area (Å²) in [5.41, 5.74) is 13.7. The van der Waals surface area contributed by atoms with Gasteiger partial charge in [-0.3, -0.25) is 9.59 Å². The van der Waals surface area contributed by atoms with Gasteiger partial charge >= 0.3 is 0 Å². The van der Waals surface area contributed by atoms with Crippen LogP contribution in [-0.2, 0) is 0 Å². The molecule has 0 aromatic heterocycles. The van der Waals surface area contributed by atoms with E-state index in [9.17, 15) is 9.59 Å². The van der Waals surface area contributed by atoms with Gasteiger partial charge in [0.1, 0.15) is 0 Å². The molecule has 5 nitrogen and oxygen atoms in total. The number of amides is 2. The van der Waals surface area contributed by atoms with E-state index < -0.39 is 5.91 Å². The van der Waals surface area contributed by atoms with Crippen LogP contribution in [-0.4, -0.2) is 11.8 Å². The van der Waals surface area contributed by atoms with Crippen LogP contribution in [0.25, 0.3) is 0 Å². The van der Waals surface area contributed by atoms with Gasteiger partial charge in [-0.25, -0.2) is 0 Å². The highest BCUT2D eigenvalue weighted by molar-refractivity contribution is 6.08. The SMILES string of the molecule is Cc1ccc(N)c(C(=O)Nc2ccc(C(N)=O)cc2)c1. The summed E-state index contributed by atoms with van der Waals surface area (Å²) in [5.74, 6) is -0.802. The Kier molecular flexibility index (Phi) is 3.70. The molecule has 0 aliphatic rings. The Balaban J connectivity index is 2.19. The number of benzene rings is 2. The number of nitrogens with two attached hydrogens (primary N) is 2. The molecule has 2 amide bonds. The molecule has 0 fully saturated rings. The number of anilines is 2. The first-order valence-corrected chi connectivity index (χ1v) is 6.04. The zero-order chi connectivity index (χ0) is 14.7. The number of rotatable bonds is 3. The minimum Gasteiger partial charge on any atom is -0.398 e. The van der Waals surface area contributed by atoms with Crippen molar-refractivity contribution in [2.45, 2.75) is 6.92 Å². The molecular formula is C15H15N3O2. The van der Waals surface area contributed by atoms with E-state index in [1.807, 2.05) is 13.0 Å². The van der Waals surface area contributed by atoms with E-state index in [1.54, 1.807) is 36.4 Å². The molecule has 0 atom stereocenters. The Labute approximate surface area is 116 Å². The summed E-state index contributed by atoms with van der Waals surface area (Å²) in [4.78, 5) is 23.1. The van der Waals surface area contributed by atoms with Crippen molar-refractivity contribution in [2.75, 3.05) is 11.1 Å². The largest absolute Gasteiger partial charge is 0.398 e. The van der Waals surface area contributed by atoms with E-state index >= 15 is 0 Å². The predicted molar refractivity (Wildman–Crippen MR) is 78.5 cm³/mol. The molecule has 0 heterocycles. The standard InChI is InChI=1S/C15H15N3O2/c1-9-2-7-13(16)12(8-9)15(20)18-11-5-3-10(4-6-11)14(17)19/h2-8H,16H2,1H3,(H2,17,19)(H,18,20). The van der Waals surface area contributed by atoms with Crippen LogP contribution in [0.15, 0.2) is 42.5 Å². The number of primary amides is 1. The number of carbonyl (C=O) groups is 2. The molecule has 5 N–H and O–H groups in total. The second-order valence-electron chi connectivity index (χ2n) is 4.49. The predicted octanol–water partition coefficient (Wildman–Crippen LogP) is 1.93. The number of aryl methyl sites for hydroxylation is 1. The van der Waals surface area contributed by atoms with Gasteiger partial charge in [-0.1, -0.05) is 11.6 Å². The highest BCUT2D eigenvalue weighted by Crippen LogP contribution is 2.16. The summed E-state index contributed by atoms with van der Waals surface area (Å²) in [6.45, 7) is 1.89. The zero-order valence-corrected chi connectivity index (χ0v) is 11.0. The molecular weight excluding hydrogens is 254 g/mol.